The Labute approximate surface area is 121 Å². The van der Waals surface area contributed by atoms with E-state index in [2.05, 4.69) is 6.92 Å². The van der Waals surface area contributed by atoms with Crippen molar-refractivity contribution in [1.82, 2.24) is 0 Å². The number of carboxylic acid groups (broad SMARTS) is 1. The first kappa shape index (κ1) is 14.1. The van der Waals surface area contributed by atoms with Crippen molar-refractivity contribution >= 4 is 5.97 Å². The van der Waals surface area contributed by atoms with Crippen LogP contribution in [0.15, 0.2) is 11.6 Å². The molecule has 0 aromatic heterocycles. The molecule has 2 N–H and O–H groups in total. The summed E-state index contributed by atoms with van der Waals surface area (Å²) in [4.78, 5) is 11.0. The Kier molecular flexibility index (Phi) is 3.06. The molecule has 0 aromatic rings. The molecule has 4 aliphatic rings. The zero-order valence-electron chi connectivity index (χ0n) is 12.6. The average Bonchev–Trinajstić information content (AvgIpc) is 2.33. The Hall–Kier alpha value is -0.830. The van der Waals surface area contributed by atoms with Gasteiger partial charge in [0.2, 0.25) is 0 Å². The van der Waals surface area contributed by atoms with Crippen LogP contribution in [-0.2, 0) is 4.79 Å². The number of aliphatic hydroxyl groups is 1. The molecule has 3 nitrogen and oxygen atoms in total. The second kappa shape index (κ2) is 4.33. The minimum absolute atomic E-state index is 0.124. The zero-order valence-corrected chi connectivity index (χ0v) is 12.6. The molecule has 4 fully saturated rings. The number of aliphatic hydroxyl groups excluding tert-OH is 1. The highest BCUT2D eigenvalue weighted by Gasteiger charge is 2.60. The monoisotopic (exact) mass is 278 g/mol. The van der Waals surface area contributed by atoms with Crippen LogP contribution in [0.25, 0.3) is 0 Å². The van der Waals surface area contributed by atoms with Crippen molar-refractivity contribution in [2.75, 3.05) is 6.61 Å². The molecule has 0 aliphatic heterocycles. The first-order valence-electron chi connectivity index (χ1n) is 7.80. The second-order valence-electron chi connectivity index (χ2n) is 8.37. The van der Waals surface area contributed by atoms with E-state index < -0.39 is 5.97 Å². The Morgan fingerprint density at radius 2 is 1.85 bits per heavy atom. The highest BCUT2D eigenvalue weighted by Crippen LogP contribution is 2.70. The molecule has 0 amide bonds. The first-order valence-corrected chi connectivity index (χ1v) is 7.80. The van der Waals surface area contributed by atoms with Gasteiger partial charge in [0.25, 0.3) is 0 Å². The lowest BCUT2D eigenvalue weighted by molar-refractivity contribution is -0.165. The number of rotatable bonds is 4. The molecular formula is C17H26O3. The van der Waals surface area contributed by atoms with E-state index in [1.807, 2.05) is 6.08 Å². The molecule has 0 saturated heterocycles. The van der Waals surface area contributed by atoms with Crippen molar-refractivity contribution in [3.8, 4) is 0 Å². The fraction of sp³-hybridized carbons (Fsp3) is 0.824. The van der Waals surface area contributed by atoms with Gasteiger partial charge in [0, 0.05) is 12.2 Å². The average molecular weight is 278 g/mol. The summed E-state index contributed by atoms with van der Waals surface area (Å²) in [5, 5.41) is 19.0. The molecule has 0 aromatic carbocycles. The third-order valence-corrected chi connectivity index (χ3v) is 6.09. The molecule has 4 rings (SSSR count). The van der Waals surface area contributed by atoms with Gasteiger partial charge in [-0.25, -0.2) is 4.79 Å². The normalized spacial score (nSPS) is 46.8. The predicted molar refractivity (Wildman–Crippen MR) is 77.3 cm³/mol. The molecule has 0 heterocycles. The number of hydrogen-bond donors (Lipinski definition) is 2. The largest absolute Gasteiger partial charge is 0.478 e. The van der Waals surface area contributed by atoms with Crippen LogP contribution in [0, 0.1) is 22.2 Å². The molecule has 4 atom stereocenters. The molecule has 4 saturated carbocycles. The summed E-state index contributed by atoms with van der Waals surface area (Å²) in [5.74, 6) is -0.0697. The van der Waals surface area contributed by atoms with E-state index in [1.54, 1.807) is 6.92 Å². The van der Waals surface area contributed by atoms with Crippen LogP contribution in [0.5, 0.6) is 0 Å². The van der Waals surface area contributed by atoms with Crippen LogP contribution in [0.2, 0.25) is 0 Å². The Bertz CT molecular complexity index is 469. The van der Waals surface area contributed by atoms with Gasteiger partial charge in [0.15, 0.2) is 0 Å². The van der Waals surface area contributed by atoms with Gasteiger partial charge in [0.1, 0.15) is 0 Å². The lowest BCUT2D eigenvalue weighted by Crippen LogP contribution is -2.57. The SMILES string of the molecule is CC(=CCC12CC3CC(C)(CC(CO)(C3)C1)C2)C(=O)O. The standard InChI is InChI=1S/C17H26O3/c1-12(14(19)20)3-4-16-6-13-5-15(2,8-16)9-17(7-13,10-16)11-18/h3,13,18H,4-11H2,1-2H3,(H,19,20). The third-order valence-electron chi connectivity index (χ3n) is 6.09. The van der Waals surface area contributed by atoms with Crippen LogP contribution in [0.1, 0.15) is 58.8 Å². The lowest BCUT2D eigenvalue weighted by Gasteiger charge is -2.66. The van der Waals surface area contributed by atoms with Gasteiger partial charge in [-0.2, -0.15) is 0 Å². The van der Waals surface area contributed by atoms with Crippen molar-refractivity contribution in [2.45, 2.75) is 58.8 Å². The molecule has 4 bridgehead atoms. The molecule has 0 radical (unpaired) electrons. The maximum absolute atomic E-state index is 11.0. The van der Waals surface area contributed by atoms with E-state index in [9.17, 15) is 9.90 Å². The zero-order chi connectivity index (χ0) is 14.6. The summed E-state index contributed by atoms with van der Waals surface area (Å²) in [5.41, 5.74) is 1.20. The summed E-state index contributed by atoms with van der Waals surface area (Å²) >= 11 is 0. The summed E-state index contributed by atoms with van der Waals surface area (Å²) < 4.78 is 0. The molecule has 4 unspecified atom stereocenters. The number of allylic oxidation sites excluding steroid dienone is 1. The summed E-state index contributed by atoms with van der Waals surface area (Å²) in [6.07, 6.45) is 9.97. The van der Waals surface area contributed by atoms with Gasteiger partial charge in [-0.15, -0.1) is 0 Å². The van der Waals surface area contributed by atoms with E-state index in [-0.39, 0.29) is 10.8 Å². The Morgan fingerprint density at radius 3 is 2.45 bits per heavy atom. The molecule has 20 heavy (non-hydrogen) atoms. The number of aliphatic carboxylic acids is 1. The van der Waals surface area contributed by atoms with Crippen LogP contribution in [0.4, 0.5) is 0 Å². The van der Waals surface area contributed by atoms with Crippen molar-refractivity contribution in [3.63, 3.8) is 0 Å². The van der Waals surface area contributed by atoms with Crippen molar-refractivity contribution < 1.29 is 15.0 Å². The van der Waals surface area contributed by atoms with Gasteiger partial charge < -0.3 is 10.2 Å². The van der Waals surface area contributed by atoms with E-state index in [0.29, 0.717) is 17.6 Å². The van der Waals surface area contributed by atoms with Gasteiger partial charge in [-0.3, -0.25) is 0 Å². The van der Waals surface area contributed by atoms with E-state index in [1.165, 1.54) is 25.7 Å². The topological polar surface area (TPSA) is 57.5 Å². The predicted octanol–water partition coefficient (Wildman–Crippen LogP) is 3.38. The van der Waals surface area contributed by atoms with Crippen LogP contribution in [-0.4, -0.2) is 22.8 Å². The summed E-state index contributed by atoms with van der Waals surface area (Å²) in [6.45, 7) is 4.37. The van der Waals surface area contributed by atoms with Gasteiger partial charge in [0.05, 0.1) is 0 Å². The molecule has 0 spiro atoms. The minimum Gasteiger partial charge on any atom is -0.478 e. The van der Waals surface area contributed by atoms with Crippen LogP contribution >= 0.6 is 0 Å². The Morgan fingerprint density at radius 1 is 1.20 bits per heavy atom. The molecule has 4 aliphatic carbocycles. The van der Waals surface area contributed by atoms with E-state index in [4.69, 9.17) is 5.11 Å². The van der Waals surface area contributed by atoms with Crippen molar-refractivity contribution in [2.24, 2.45) is 22.2 Å². The highest BCUT2D eigenvalue weighted by molar-refractivity contribution is 5.85. The summed E-state index contributed by atoms with van der Waals surface area (Å²) in [6, 6.07) is 0. The fourth-order valence-corrected chi connectivity index (χ4v) is 6.23. The van der Waals surface area contributed by atoms with Gasteiger partial charge in [-0.05, 0) is 74.0 Å². The smallest absolute Gasteiger partial charge is 0.330 e. The molecular weight excluding hydrogens is 252 g/mol. The summed E-state index contributed by atoms with van der Waals surface area (Å²) in [7, 11) is 0. The van der Waals surface area contributed by atoms with Gasteiger partial charge >= 0.3 is 5.97 Å². The number of hydrogen-bond acceptors (Lipinski definition) is 2. The van der Waals surface area contributed by atoms with E-state index >= 15 is 0 Å². The second-order valence-corrected chi connectivity index (χ2v) is 8.37. The minimum atomic E-state index is -0.808. The quantitative estimate of drug-likeness (QED) is 0.775. The Balaban J connectivity index is 1.87. The third kappa shape index (κ3) is 2.20. The van der Waals surface area contributed by atoms with Crippen molar-refractivity contribution in [3.05, 3.63) is 11.6 Å². The van der Waals surface area contributed by atoms with Crippen molar-refractivity contribution in [1.29, 1.82) is 0 Å². The van der Waals surface area contributed by atoms with Gasteiger partial charge in [-0.1, -0.05) is 13.0 Å². The lowest BCUT2D eigenvalue weighted by atomic mass is 9.39. The maximum Gasteiger partial charge on any atom is 0.330 e. The highest BCUT2D eigenvalue weighted by atomic mass is 16.4. The van der Waals surface area contributed by atoms with Crippen LogP contribution < -0.4 is 0 Å². The number of carboxylic acids is 1. The number of carbonyl (C=O) groups is 1. The van der Waals surface area contributed by atoms with Crippen LogP contribution in [0.3, 0.4) is 0 Å². The molecule has 112 valence electrons. The van der Waals surface area contributed by atoms with E-state index in [0.717, 1.165) is 25.2 Å². The fourth-order valence-electron chi connectivity index (χ4n) is 6.23. The maximum atomic E-state index is 11.0. The first-order chi connectivity index (χ1) is 9.29. The molecule has 3 heteroatoms.